The molecule has 312 valence electrons. The third kappa shape index (κ3) is 5.12. The number of hydrogen-bond donors (Lipinski definition) is 6. The quantitative estimate of drug-likeness (QED) is 0.114. The maximum Gasteiger partial charge on any atom is 0.322 e. The first-order valence-corrected chi connectivity index (χ1v) is 21.8. The molecule has 10 atom stereocenters. The number of nitrogens with zero attached hydrogens (tertiary/aromatic N) is 3. The second kappa shape index (κ2) is 14.0. The molecule has 2 aromatic carbocycles. The number of methoxy groups -OCH3 is 2. The molecule has 3 aromatic rings. The van der Waals surface area contributed by atoms with E-state index in [9.17, 15) is 20.1 Å². The minimum absolute atomic E-state index is 0.0784. The van der Waals surface area contributed by atoms with Crippen LogP contribution in [0.2, 0.25) is 0 Å². The summed E-state index contributed by atoms with van der Waals surface area (Å²) in [5.74, 6) is -0.262. The number of para-hydroxylation sites is 1. The highest BCUT2D eigenvalue weighted by Gasteiger charge is 2.78. The summed E-state index contributed by atoms with van der Waals surface area (Å²) in [4.78, 5) is 40.3. The molecule has 1 saturated carbocycles. The predicted molar refractivity (Wildman–Crippen MR) is 226 cm³/mol. The summed E-state index contributed by atoms with van der Waals surface area (Å²) in [6.45, 7) is 7.69. The highest BCUT2D eigenvalue weighted by molar-refractivity contribution is 7.80. The highest BCUT2D eigenvalue weighted by atomic mass is 32.1. The van der Waals surface area contributed by atoms with Gasteiger partial charge in [0.05, 0.1) is 25.9 Å². The van der Waals surface area contributed by atoms with Crippen molar-refractivity contribution in [3.63, 3.8) is 0 Å². The Bertz CT molecular complexity index is 2180. The van der Waals surface area contributed by atoms with Crippen LogP contribution in [0.3, 0.4) is 0 Å². The number of piperidine rings is 1. The number of fused-ring (bicyclic) bond motifs is 6. The van der Waals surface area contributed by atoms with E-state index in [0.717, 1.165) is 46.5 Å². The summed E-state index contributed by atoms with van der Waals surface area (Å²) in [7, 11) is 4.96. The van der Waals surface area contributed by atoms with Gasteiger partial charge in [-0.1, -0.05) is 44.2 Å². The minimum Gasteiger partial charge on any atom is -0.496 e. The van der Waals surface area contributed by atoms with Crippen molar-refractivity contribution >= 4 is 41.1 Å². The number of aliphatic hydroxyl groups excluding tert-OH is 1. The fourth-order valence-corrected chi connectivity index (χ4v) is 13.5. The number of amides is 1. The SMILES string of the molecule is CC[C@]1(O)C[C@H]2CN(CCc3c([nH]c4ccccc34)[C@@](C(=O)OC)(c3cc4c(cc3OC)N(C)[C@H]3[C@@](O)(C(=O)NCCS)[C@H](O)[C@]5(CC)C=CCN6CC[C@]43[C@@H]65)C2)C1. The van der Waals surface area contributed by atoms with E-state index in [1.165, 1.54) is 7.11 Å². The first-order chi connectivity index (χ1) is 27.8. The topological polar surface area (TPSA) is 151 Å². The van der Waals surface area contributed by atoms with Crippen LogP contribution in [0, 0.1) is 11.3 Å². The van der Waals surface area contributed by atoms with Gasteiger partial charge in [0.2, 0.25) is 0 Å². The molecule has 5 N–H and O–H groups in total. The smallest absolute Gasteiger partial charge is 0.322 e. The van der Waals surface area contributed by atoms with Crippen molar-refractivity contribution < 1.29 is 34.4 Å². The van der Waals surface area contributed by atoms with E-state index in [-0.39, 0.29) is 18.5 Å². The average molecular weight is 814 g/mol. The van der Waals surface area contributed by atoms with E-state index in [4.69, 9.17) is 9.47 Å². The number of anilines is 1. The van der Waals surface area contributed by atoms with Gasteiger partial charge in [-0.2, -0.15) is 12.6 Å². The van der Waals surface area contributed by atoms with Crippen LogP contribution in [0.25, 0.3) is 10.9 Å². The first-order valence-electron chi connectivity index (χ1n) is 21.1. The van der Waals surface area contributed by atoms with E-state index in [0.29, 0.717) is 75.2 Å². The van der Waals surface area contributed by atoms with E-state index in [2.05, 4.69) is 57.0 Å². The van der Waals surface area contributed by atoms with E-state index in [1.54, 1.807) is 7.11 Å². The van der Waals surface area contributed by atoms with Gasteiger partial charge in [0, 0.05) is 96.3 Å². The number of benzene rings is 2. The predicted octanol–water partition coefficient (Wildman–Crippen LogP) is 3.29. The summed E-state index contributed by atoms with van der Waals surface area (Å²) < 4.78 is 12.3. The van der Waals surface area contributed by atoms with E-state index in [1.807, 2.05) is 50.1 Å². The molecule has 1 unspecified atom stereocenters. The van der Waals surface area contributed by atoms with Crippen molar-refractivity contribution in [2.45, 2.75) is 92.6 Å². The average Bonchev–Trinajstić information content (AvgIpc) is 3.89. The van der Waals surface area contributed by atoms with Crippen LogP contribution in [0.4, 0.5) is 5.69 Å². The fourth-order valence-electron chi connectivity index (χ4n) is 13.3. The second-order valence-electron chi connectivity index (χ2n) is 18.1. The lowest BCUT2D eigenvalue weighted by Crippen LogP contribution is -2.81. The number of thiol groups is 1. The number of carbonyl (C=O) groups excluding carboxylic acids is 2. The number of H-pyrrole nitrogens is 1. The third-order valence-electron chi connectivity index (χ3n) is 15.6. The Labute approximate surface area is 346 Å². The molecule has 12 nitrogen and oxygen atoms in total. The van der Waals surface area contributed by atoms with Gasteiger partial charge in [0.1, 0.15) is 17.3 Å². The van der Waals surface area contributed by atoms with Crippen molar-refractivity contribution in [3.8, 4) is 5.75 Å². The number of hydrogen-bond acceptors (Lipinski definition) is 11. The van der Waals surface area contributed by atoms with Crippen LogP contribution in [0.1, 0.15) is 68.3 Å². The monoisotopic (exact) mass is 813 g/mol. The number of ether oxygens (including phenoxy) is 2. The molecule has 13 heteroatoms. The zero-order valence-electron chi connectivity index (χ0n) is 34.4. The maximum absolute atomic E-state index is 15.3. The Morgan fingerprint density at radius 3 is 2.57 bits per heavy atom. The number of aliphatic hydroxyl groups is 3. The van der Waals surface area contributed by atoms with Gasteiger partial charge in [-0.15, -0.1) is 0 Å². The Morgan fingerprint density at radius 2 is 1.84 bits per heavy atom. The van der Waals surface area contributed by atoms with Crippen LogP contribution >= 0.6 is 12.6 Å². The lowest BCUT2D eigenvalue weighted by Gasteiger charge is -2.63. The highest BCUT2D eigenvalue weighted by Crippen LogP contribution is 2.67. The number of rotatable bonds is 8. The van der Waals surface area contributed by atoms with E-state index < -0.39 is 51.5 Å². The largest absolute Gasteiger partial charge is 0.496 e. The van der Waals surface area contributed by atoms with Gasteiger partial charge >= 0.3 is 5.97 Å². The Kier molecular flexibility index (Phi) is 9.61. The molecule has 5 aliphatic heterocycles. The molecule has 3 fully saturated rings. The number of aromatic amines is 1. The van der Waals surface area contributed by atoms with Crippen molar-refractivity contribution in [1.29, 1.82) is 0 Å². The zero-order chi connectivity index (χ0) is 41.0. The Hall–Kier alpha value is -3.59. The van der Waals surface area contributed by atoms with Crippen molar-refractivity contribution in [2.24, 2.45) is 11.3 Å². The van der Waals surface area contributed by atoms with Crippen molar-refractivity contribution in [2.75, 3.05) is 71.2 Å². The van der Waals surface area contributed by atoms with Gasteiger partial charge < -0.3 is 40.0 Å². The molecule has 2 bridgehead atoms. The maximum atomic E-state index is 15.3. The number of nitrogens with one attached hydrogen (secondary N) is 2. The molecule has 1 aromatic heterocycles. The van der Waals surface area contributed by atoms with Crippen LogP contribution in [-0.4, -0.2) is 138 Å². The molecule has 58 heavy (non-hydrogen) atoms. The normalized spacial score (nSPS) is 37.5. The standard InChI is InChI=1S/C45H59N5O7S/c1-6-41(54)23-27-24-44(40(53)57-5,35-29(13-18-49(25-27)26-41)28-11-8-9-12-32(28)47-35)31-21-30-33(22-34(31)56-4)48(3)37-43(30)15-19-50-17-10-14-42(7-2,36(43)50)38(51)45(37,55)39(52)46-16-20-58/h8-12,14,21-22,27,36-38,47,51,54-55,58H,6-7,13,15-20,23-26H2,1-5H3,(H,46,52)/t27-,36+,37-,38-,41+,42-,43-,44+,45+/m1/s1. The summed E-state index contributed by atoms with van der Waals surface area (Å²) in [6, 6.07) is 11.2. The molecule has 1 amide bonds. The van der Waals surface area contributed by atoms with Gasteiger partial charge in [-0.05, 0) is 74.2 Å². The number of likely N-dealkylation sites (N-methyl/N-ethyl adjacent to an activating group) is 1. The van der Waals surface area contributed by atoms with Crippen LogP contribution in [0.5, 0.6) is 5.75 Å². The molecule has 9 rings (SSSR count). The summed E-state index contributed by atoms with van der Waals surface area (Å²) in [5.41, 5.74) is -1.24. The van der Waals surface area contributed by atoms with Crippen LogP contribution in [0.15, 0.2) is 48.6 Å². The third-order valence-corrected chi connectivity index (χ3v) is 15.8. The Balaban J connectivity index is 1.35. The molecule has 0 radical (unpaired) electrons. The Morgan fingerprint density at radius 1 is 1.05 bits per heavy atom. The molecule has 1 aliphatic carbocycles. The van der Waals surface area contributed by atoms with Gasteiger partial charge in [-0.25, -0.2) is 0 Å². The molecule has 6 heterocycles. The van der Waals surface area contributed by atoms with Gasteiger partial charge in [0.25, 0.3) is 5.91 Å². The second-order valence-corrected chi connectivity index (χ2v) is 18.6. The molecular weight excluding hydrogens is 755 g/mol. The van der Waals surface area contributed by atoms with E-state index >= 15 is 4.79 Å². The molecule has 1 spiro atoms. The fraction of sp³-hybridized carbons (Fsp3) is 0.600. The molecule has 2 saturated heterocycles. The van der Waals surface area contributed by atoms with Crippen LogP contribution < -0.4 is 15.0 Å². The van der Waals surface area contributed by atoms with Crippen LogP contribution in [-0.2, 0) is 31.6 Å². The van der Waals surface area contributed by atoms with Crippen molar-refractivity contribution in [1.82, 2.24) is 20.1 Å². The zero-order valence-corrected chi connectivity index (χ0v) is 35.3. The number of aromatic nitrogens is 1. The van der Waals surface area contributed by atoms with Crippen molar-refractivity contribution in [3.05, 3.63) is 70.9 Å². The minimum atomic E-state index is -2.22. The number of carbonyl (C=O) groups is 2. The summed E-state index contributed by atoms with van der Waals surface area (Å²) in [5, 5.41) is 41.7. The van der Waals surface area contributed by atoms with Gasteiger partial charge in [0.15, 0.2) is 5.60 Å². The lowest BCUT2D eigenvalue weighted by molar-refractivity contribution is -0.203. The first kappa shape index (κ1) is 39.8. The summed E-state index contributed by atoms with van der Waals surface area (Å²) >= 11 is 4.35. The van der Waals surface area contributed by atoms with Gasteiger partial charge in [-0.3, -0.25) is 19.4 Å². The molecule has 6 aliphatic rings. The number of esters is 1. The lowest BCUT2D eigenvalue weighted by atomic mass is 9.47. The summed E-state index contributed by atoms with van der Waals surface area (Å²) in [6.07, 6.45) is 5.95. The molecular formula is C45H59N5O7S.